The molecule has 1 amide bonds. The van der Waals surface area contributed by atoms with Gasteiger partial charge in [-0.15, -0.1) is 12.4 Å². The summed E-state index contributed by atoms with van der Waals surface area (Å²) in [4.78, 5) is 12.6. The third-order valence-electron chi connectivity index (χ3n) is 4.34. The van der Waals surface area contributed by atoms with Gasteiger partial charge in [-0.1, -0.05) is 13.0 Å². The van der Waals surface area contributed by atoms with Crippen LogP contribution >= 0.6 is 12.4 Å². The minimum absolute atomic E-state index is 0. The van der Waals surface area contributed by atoms with E-state index >= 15 is 0 Å². The summed E-state index contributed by atoms with van der Waals surface area (Å²) in [5, 5.41) is 13.1. The van der Waals surface area contributed by atoms with E-state index in [4.69, 9.17) is 0 Å². The highest BCUT2D eigenvalue weighted by Gasteiger charge is 2.22. The molecule has 0 saturated heterocycles. The molecule has 0 unspecified atom stereocenters. The molecular formula is C17H24ClN5O3S. The van der Waals surface area contributed by atoms with Crippen LogP contribution in [0.4, 0.5) is 11.4 Å². The third kappa shape index (κ3) is 4.79. The molecule has 8 nitrogen and oxygen atoms in total. The number of halogens is 1. The van der Waals surface area contributed by atoms with Crippen molar-refractivity contribution in [1.29, 1.82) is 0 Å². The molecule has 3 rings (SSSR count). The van der Waals surface area contributed by atoms with E-state index in [0.717, 1.165) is 24.2 Å². The first-order valence-electron chi connectivity index (χ1n) is 8.59. The van der Waals surface area contributed by atoms with Crippen molar-refractivity contribution in [1.82, 2.24) is 15.5 Å². The van der Waals surface area contributed by atoms with Crippen LogP contribution in [0.1, 0.15) is 40.7 Å². The first-order chi connectivity index (χ1) is 12.4. The largest absolute Gasteiger partial charge is 0.320 e. The number of anilines is 2. The summed E-state index contributed by atoms with van der Waals surface area (Å²) >= 11 is 0. The molecule has 0 saturated carbocycles. The van der Waals surface area contributed by atoms with Crippen molar-refractivity contribution in [2.45, 2.75) is 33.2 Å². The topological polar surface area (TPSA) is 116 Å². The summed E-state index contributed by atoms with van der Waals surface area (Å²) in [7, 11) is -3.40. The molecule has 0 fully saturated rings. The molecule has 1 aromatic carbocycles. The Balaban J connectivity index is 0.00000261. The van der Waals surface area contributed by atoms with E-state index in [1.54, 1.807) is 25.1 Å². The molecule has 0 aliphatic carbocycles. The normalized spacial score (nSPS) is 13.4. The lowest BCUT2D eigenvalue weighted by atomic mass is 10.1. The van der Waals surface area contributed by atoms with Gasteiger partial charge in [0, 0.05) is 36.5 Å². The number of hydrogen-bond donors (Lipinski definition) is 4. The van der Waals surface area contributed by atoms with Gasteiger partial charge in [-0.3, -0.25) is 14.6 Å². The van der Waals surface area contributed by atoms with Crippen molar-refractivity contribution in [3.05, 3.63) is 40.7 Å². The number of rotatable bonds is 6. The number of carbonyl (C=O) groups is 1. The lowest BCUT2D eigenvalue weighted by molar-refractivity contribution is 0.102. The predicted octanol–water partition coefficient (Wildman–Crippen LogP) is 2.19. The van der Waals surface area contributed by atoms with Gasteiger partial charge in [0.25, 0.3) is 5.91 Å². The van der Waals surface area contributed by atoms with Crippen LogP contribution in [0.5, 0.6) is 0 Å². The van der Waals surface area contributed by atoms with Crippen LogP contribution in [0.2, 0.25) is 0 Å². The number of carbonyl (C=O) groups excluding carboxylic acids is 1. The zero-order valence-corrected chi connectivity index (χ0v) is 16.9. The highest BCUT2D eigenvalue weighted by atomic mass is 35.5. The Hall–Kier alpha value is -2.10. The number of hydrogen-bond acceptors (Lipinski definition) is 5. The van der Waals surface area contributed by atoms with E-state index in [9.17, 15) is 13.2 Å². The molecule has 4 N–H and O–H groups in total. The van der Waals surface area contributed by atoms with E-state index in [1.165, 1.54) is 0 Å². The van der Waals surface area contributed by atoms with Crippen LogP contribution < -0.4 is 15.4 Å². The standard InChI is InChI=1S/C17H23N5O3S.ClH/c1-3-9-26(24,25)22-14-6-4-5-13(11(14)2)19-17(23)16-12-10-18-8-7-15(12)20-21-16;/h4-6,18,22H,3,7-10H2,1-2H3,(H,19,23)(H,20,21);1H. The van der Waals surface area contributed by atoms with E-state index in [2.05, 4.69) is 25.6 Å². The second kappa shape index (κ2) is 8.73. The monoisotopic (exact) mass is 413 g/mol. The number of nitrogens with one attached hydrogen (secondary N) is 4. The van der Waals surface area contributed by atoms with Crippen molar-refractivity contribution in [2.75, 3.05) is 22.3 Å². The van der Waals surface area contributed by atoms with Crippen molar-refractivity contribution in [3.8, 4) is 0 Å². The average molecular weight is 414 g/mol. The van der Waals surface area contributed by atoms with Crippen LogP contribution in [0.3, 0.4) is 0 Å². The minimum Gasteiger partial charge on any atom is -0.320 e. The lowest BCUT2D eigenvalue weighted by Gasteiger charge is -2.15. The highest BCUT2D eigenvalue weighted by molar-refractivity contribution is 7.92. The molecule has 27 heavy (non-hydrogen) atoms. The summed E-state index contributed by atoms with van der Waals surface area (Å²) in [5.41, 5.74) is 3.89. The fraction of sp³-hybridized carbons (Fsp3) is 0.412. The van der Waals surface area contributed by atoms with Crippen molar-refractivity contribution >= 4 is 39.7 Å². The molecule has 0 spiro atoms. The smallest absolute Gasteiger partial charge is 0.276 e. The van der Waals surface area contributed by atoms with Crippen molar-refractivity contribution in [3.63, 3.8) is 0 Å². The number of H-pyrrole nitrogens is 1. The molecular weight excluding hydrogens is 390 g/mol. The van der Waals surface area contributed by atoms with Gasteiger partial charge in [0.2, 0.25) is 10.0 Å². The number of nitrogens with zero attached hydrogens (tertiary/aromatic N) is 1. The Morgan fingerprint density at radius 1 is 1.30 bits per heavy atom. The van der Waals surface area contributed by atoms with Crippen LogP contribution in [0, 0.1) is 6.92 Å². The van der Waals surface area contributed by atoms with E-state index in [1.807, 2.05) is 6.92 Å². The van der Waals surface area contributed by atoms with Gasteiger partial charge in [-0.2, -0.15) is 5.10 Å². The lowest BCUT2D eigenvalue weighted by Crippen LogP contribution is -2.25. The Labute approximate surface area is 165 Å². The van der Waals surface area contributed by atoms with Crippen LogP contribution in [-0.4, -0.2) is 36.8 Å². The Morgan fingerprint density at radius 3 is 2.78 bits per heavy atom. The number of amides is 1. The number of sulfonamides is 1. The van der Waals surface area contributed by atoms with Gasteiger partial charge in [-0.25, -0.2) is 8.42 Å². The summed E-state index contributed by atoms with van der Waals surface area (Å²) < 4.78 is 26.6. The second-order valence-corrected chi connectivity index (χ2v) is 8.15. The second-order valence-electron chi connectivity index (χ2n) is 6.31. The fourth-order valence-electron chi connectivity index (χ4n) is 2.96. The molecule has 1 aliphatic heterocycles. The number of fused-ring (bicyclic) bond motifs is 1. The van der Waals surface area contributed by atoms with Gasteiger partial charge < -0.3 is 10.6 Å². The highest BCUT2D eigenvalue weighted by Crippen LogP contribution is 2.25. The molecule has 10 heteroatoms. The molecule has 0 bridgehead atoms. The summed E-state index contributed by atoms with van der Waals surface area (Å²) in [6.07, 6.45) is 1.34. The molecule has 2 aromatic rings. The molecule has 1 aromatic heterocycles. The van der Waals surface area contributed by atoms with Crippen molar-refractivity contribution in [2.24, 2.45) is 0 Å². The minimum atomic E-state index is -3.40. The quantitative estimate of drug-likeness (QED) is 0.579. The summed E-state index contributed by atoms with van der Waals surface area (Å²) in [6, 6.07) is 5.12. The van der Waals surface area contributed by atoms with Gasteiger partial charge in [0.05, 0.1) is 11.4 Å². The first kappa shape index (κ1) is 21.2. The number of aromatic nitrogens is 2. The van der Waals surface area contributed by atoms with Gasteiger partial charge in [0.1, 0.15) is 0 Å². The van der Waals surface area contributed by atoms with Crippen LogP contribution in [0.15, 0.2) is 18.2 Å². The van der Waals surface area contributed by atoms with Crippen molar-refractivity contribution < 1.29 is 13.2 Å². The van der Waals surface area contributed by atoms with Gasteiger partial charge >= 0.3 is 0 Å². The maximum atomic E-state index is 12.6. The van der Waals surface area contributed by atoms with E-state index in [-0.39, 0.29) is 24.1 Å². The van der Waals surface area contributed by atoms with E-state index in [0.29, 0.717) is 35.6 Å². The zero-order chi connectivity index (χ0) is 18.7. The number of benzene rings is 1. The van der Waals surface area contributed by atoms with Gasteiger partial charge in [-0.05, 0) is 31.0 Å². The van der Waals surface area contributed by atoms with E-state index < -0.39 is 10.0 Å². The molecule has 148 valence electrons. The molecule has 0 radical (unpaired) electrons. The van der Waals surface area contributed by atoms with Gasteiger partial charge in [0.15, 0.2) is 5.69 Å². The average Bonchev–Trinajstić information content (AvgIpc) is 3.02. The first-order valence-corrected chi connectivity index (χ1v) is 10.2. The van der Waals surface area contributed by atoms with Crippen LogP contribution in [0.25, 0.3) is 0 Å². The zero-order valence-electron chi connectivity index (χ0n) is 15.3. The Bertz CT molecular complexity index is 927. The Morgan fingerprint density at radius 2 is 2.04 bits per heavy atom. The third-order valence-corrected chi connectivity index (χ3v) is 5.82. The molecule has 0 atom stereocenters. The molecule has 2 heterocycles. The van der Waals surface area contributed by atoms with Crippen LogP contribution in [-0.2, 0) is 23.0 Å². The molecule has 1 aliphatic rings. The maximum absolute atomic E-state index is 12.6. The number of aromatic amines is 1. The fourth-order valence-corrected chi connectivity index (χ4v) is 4.16. The maximum Gasteiger partial charge on any atom is 0.276 e. The summed E-state index contributed by atoms with van der Waals surface area (Å²) in [5.74, 6) is -0.266. The summed E-state index contributed by atoms with van der Waals surface area (Å²) in [6.45, 7) is 5.03. The predicted molar refractivity (Wildman–Crippen MR) is 108 cm³/mol. The Kier molecular flexibility index (Phi) is 6.85. The SMILES string of the molecule is CCCS(=O)(=O)Nc1cccc(NC(=O)c2n[nH]c3c2CNCC3)c1C.Cl.